The minimum atomic E-state index is -0.312. The van der Waals surface area contributed by atoms with E-state index in [-0.39, 0.29) is 11.8 Å². The van der Waals surface area contributed by atoms with E-state index in [4.69, 9.17) is 10.5 Å². The van der Waals surface area contributed by atoms with Crippen LogP contribution in [0.4, 0.5) is 0 Å². The molecule has 1 unspecified atom stereocenters. The molecular formula is C16H17NO2. The van der Waals surface area contributed by atoms with E-state index in [0.717, 1.165) is 16.9 Å². The van der Waals surface area contributed by atoms with Crippen molar-refractivity contribution in [2.75, 3.05) is 7.11 Å². The number of amides is 1. The highest BCUT2D eigenvalue weighted by Gasteiger charge is 2.18. The van der Waals surface area contributed by atoms with Crippen LogP contribution in [0.2, 0.25) is 0 Å². The van der Waals surface area contributed by atoms with E-state index in [2.05, 4.69) is 0 Å². The van der Waals surface area contributed by atoms with Crippen LogP contribution in [-0.2, 0) is 11.2 Å². The van der Waals surface area contributed by atoms with E-state index in [1.807, 2.05) is 54.6 Å². The molecule has 0 saturated carbocycles. The molecule has 1 atom stereocenters. The standard InChI is InChI=1S/C16H17NO2/c1-19-14-9-7-13(8-10-14)15(16(17)18)11-12-5-3-2-4-6-12/h2-10,15H,11H2,1H3,(H2,17,18). The highest BCUT2D eigenvalue weighted by atomic mass is 16.5. The minimum absolute atomic E-state index is 0.311. The number of carbonyl (C=O) groups is 1. The third-order valence-corrected chi connectivity index (χ3v) is 3.14. The molecule has 2 aromatic carbocycles. The second-order valence-corrected chi connectivity index (χ2v) is 4.42. The maximum Gasteiger partial charge on any atom is 0.225 e. The van der Waals surface area contributed by atoms with Crippen LogP contribution in [0, 0.1) is 0 Å². The molecular weight excluding hydrogens is 238 g/mol. The molecule has 0 radical (unpaired) electrons. The molecule has 0 spiro atoms. The predicted molar refractivity (Wildman–Crippen MR) is 75.1 cm³/mol. The molecule has 98 valence electrons. The summed E-state index contributed by atoms with van der Waals surface area (Å²) >= 11 is 0. The molecule has 3 nitrogen and oxygen atoms in total. The van der Waals surface area contributed by atoms with Crippen LogP contribution in [0.5, 0.6) is 5.75 Å². The molecule has 0 fully saturated rings. The van der Waals surface area contributed by atoms with Crippen LogP contribution in [0.1, 0.15) is 17.0 Å². The van der Waals surface area contributed by atoms with Gasteiger partial charge in [0.1, 0.15) is 5.75 Å². The summed E-state index contributed by atoms with van der Waals surface area (Å²) in [6.07, 6.45) is 0.614. The average molecular weight is 255 g/mol. The molecule has 3 heteroatoms. The Balaban J connectivity index is 2.22. The van der Waals surface area contributed by atoms with Gasteiger partial charge in [-0.2, -0.15) is 0 Å². The molecule has 2 rings (SSSR count). The van der Waals surface area contributed by atoms with Crippen LogP contribution >= 0.6 is 0 Å². The first kappa shape index (κ1) is 13.1. The summed E-state index contributed by atoms with van der Waals surface area (Å²) in [5.74, 6) is 0.147. The van der Waals surface area contributed by atoms with Gasteiger partial charge in [0.05, 0.1) is 13.0 Å². The summed E-state index contributed by atoms with van der Waals surface area (Å²) in [6, 6.07) is 17.3. The zero-order valence-corrected chi connectivity index (χ0v) is 10.9. The van der Waals surface area contributed by atoms with E-state index in [9.17, 15) is 4.79 Å². The Kier molecular flexibility index (Phi) is 4.18. The Morgan fingerprint density at radius 3 is 2.26 bits per heavy atom. The van der Waals surface area contributed by atoms with Gasteiger partial charge in [0.2, 0.25) is 5.91 Å². The fourth-order valence-corrected chi connectivity index (χ4v) is 2.07. The number of benzene rings is 2. The summed E-state index contributed by atoms with van der Waals surface area (Å²) in [5, 5.41) is 0. The number of primary amides is 1. The topological polar surface area (TPSA) is 52.3 Å². The van der Waals surface area contributed by atoms with Gasteiger partial charge in [-0.15, -0.1) is 0 Å². The van der Waals surface area contributed by atoms with Gasteiger partial charge in [0.15, 0.2) is 0 Å². The lowest BCUT2D eigenvalue weighted by atomic mass is 9.91. The maximum atomic E-state index is 11.6. The summed E-state index contributed by atoms with van der Waals surface area (Å²) in [4.78, 5) is 11.6. The lowest BCUT2D eigenvalue weighted by molar-refractivity contribution is -0.119. The van der Waals surface area contributed by atoms with Gasteiger partial charge in [-0.25, -0.2) is 0 Å². The number of rotatable bonds is 5. The lowest BCUT2D eigenvalue weighted by Crippen LogP contribution is -2.23. The molecule has 0 bridgehead atoms. The molecule has 0 aliphatic heterocycles. The van der Waals surface area contributed by atoms with Crippen LogP contribution in [0.25, 0.3) is 0 Å². The van der Waals surface area contributed by atoms with Crippen LogP contribution < -0.4 is 10.5 Å². The number of carbonyl (C=O) groups excluding carboxylic acids is 1. The second-order valence-electron chi connectivity index (χ2n) is 4.42. The SMILES string of the molecule is COc1ccc(C(Cc2ccccc2)C(N)=O)cc1. The van der Waals surface area contributed by atoms with Gasteiger partial charge >= 0.3 is 0 Å². The van der Waals surface area contributed by atoms with Gasteiger partial charge in [-0.3, -0.25) is 4.79 Å². The van der Waals surface area contributed by atoms with Gasteiger partial charge in [0, 0.05) is 0 Å². The minimum Gasteiger partial charge on any atom is -0.497 e. The molecule has 0 aliphatic rings. The van der Waals surface area contributed by atoms with Crippen LogP contribution in [-0.4, -0.2) is 13.0 Å². The summed E-state index contributed by atoms with van der Waals surface area (Å²) in [6.45, 7) is 0. The molecule has 19 heavy (non-hydrogen) atoms. The molecule has 2 aromatic rings. The zero-order chi connectivity index (χ0) is 13.7. The van der Waals surface area contributed by atoms with Crippen molar-refractivity contribution in [3.63, 3.8) is 0 Å². The van der Waals surface area contributed by atoms with Crippen LogP contribution in [0.15, 0.2) is 54.6 Å². The van der Waals surface area contributed by atoms with Gasteiger partial charge in [-0.05, 0) is 29.7 Å². The first-order valence-electron chi connectivity index (χ1n) is 6.18. The van der Waals surface area contributed by atoms with Crippen molar-refractivity contribution in [3.05, 3.63) is 65.7 Å². The van der Waals surface area contributed by atoms with E-state index in [0.29, 0.717) is 6.42 Å². The number of hydrogen-bond acceptors (Lipinski definition) is 2. The molecule has 2 N–H and O–H groups in total. The van der Waals surface area contributed by atoms with E-state index in [1.54, 1.807) is 7.11 Å². The number of methoxy groups -OCH3 is 1. The summed E-state index contributed by atoms with van der Waals surface area (Å²) in [5.41, 5.74) is 7.53. The van der Waals surface area contributed by atoms with E-state index in [1.165, 1.54) is 0 Å². The number of ether oxygens (including phenoxy) is 1. The predicted octanol–water partition coefficient (Wildman–Crippen LogP) is 2.51. The highest BCUT2D eigenvalue weighted by Crippen LogP contribution is 2.23. The summed E-state index contributed by atoms with van der Waals surface area (Å²) in [7, 11) is 1.62. The first-order valence-corrected chi connectivity index (χ1v) is 6.18. The van der Waals surface area contributed by atoms with Crippen molar-refractivity contribution in [3.8, 4) is 5.75 Å². The number of nitrogens with two attached hydrogens (primary N) is 1. The third-order valence-electron chi connectivity index (χ3n) is 3.14. The largest absolute Gasteiger partial charge is 0.497 e. The maximum absolute atomic E-state index is 11.6. The molecule has 0 aromatic heterocycles. The molecule has 0 aliphatic carbocycles. The normalized spacial score (nSPS) is 11.8. The molecule has 0 heterocycles. The lowest BCUT2D eigenvalue weighted by Gasteiger charge is -2.14. The Hall–Kier alpha value is -2.29. The van der Waals surface area contributed by atoms with Crippen molar-refractivity contribution in [1.29, 1.82) is 0 Å². The second kappa shape index (κ2) is 6.05. The van der Waals surface area contributed by atoms with Gasteiger partial charge < -0.3 is 10.5 Å². The molecule has 0 saturated heterocycles. The fraction of sp³-hybridized carbons (Fsp3) is 0.188. The monoisotopic (exact) mass is 255 g/mol. The van der Waals surface area contributed by atoms with Crippen molar-refractivity contribution in [2.24, 2.45) is 5.73 Å². The molecule has 1 amide bonds. The van der Waals surface area contributed by atoms with Crippen molar-refractivity contribution >= 4 is 5.91 Å². The third kappa shape index (κ3) is 3.35. The Morgan fingerprint density at radius 1 is 1.11 bits per heavy atom. The average Bonchev–Trinajstić information content (AvgIpc) is 2.46. The Labute approximate surface area is 113 Å². The van der Waals surface area contributed by atoms with E-state index >= 15 is 0 Å². The smallest absolute Gasteiger partial charge is 0.225 e. The van der Waals surface area contributed by atoms with Crippen molar-refractivity contribution in [1.82, 2.24) is 0 Å². The zero-order valence-electron chi connectivity index (χ0n) is 10.9. The highest BCUT2D eigenvalue weighted by molar-refractivity contribution is 5.82. The quantitative estimate of drug-likeness (QED) is 0.892. The van der Waals surface area contributed by atoms with Crippen LogP contribution in [0.3, 0.4) is 0 Å². The Morgan fingerprint density at radius 2 is 1.74 bits per heavy atom. The van der Waals surface area contributed by atoms with Crippen molar-refractivity contribution < 1.29 is 9.53 Å². The first-order chi connectivity index (χ1) is 9.20. The fourth-order valence-electron chi connectivity index (χ4n) is 2.07. The Bertz CT molecular complexity index is 534. The van der Waals surface area contributed by atoms with Gasteiger partial charge in [-0.1, -0.05) is 42.5 Å². The van der Waals surface area contributed by atoms with Crippen molar-refractivity contribution in [2.45, 2.75) is 12.3 Å². The summed E-state index contributed by atoms with van der Waals surface area (Å²) < 4.78 is 5.11. The number of hydrogen-bond donors (Lipinski definition) is 1. The van der Waals surface area contributed by atoms with E-state index < -0.39 is 0 Å². The van der Waals surface area contributed by atoms with Gasteiger partial charge in [0.25, 0.3) is 0 Å².